The van der Waals surface area contributed by atoms with Crippen LogP contribution in [0.25, 0.3) is 11.3 Å². The average Bonchev–Trinajstić information content (AvgIpc) is 2.65. The van der Waals surface area contributed by atoms with Crippen molar-refractivity contribution in [1.82, 2.24) is 9.97 Å². The first-order valence-corrected chi connectivity index (χ1v) is 9.64. The second kappa shape index (κ2) is 7.12. The monoisotopic (exact) mass is 340 g/mol. The van der Waals surface area contributed by atoms with Crippen molar-refractivity contribution in [1.29, 1.82) is 0 Å². The van der Waals surface area contributed by atoms with E-state index >= 15 is 0 Å². The number of benzene rings is 1. The standard InChI is InChI=1S/C21H29N3O/c1-5-21(6-2)13-15-11-9-10-12-16(15)19-18(21)20(25)23-17(22-19)14-24(7-3)8-4/h9-12H,5-8,13-14H2,1-4H3,(H,22,23,25)/p+1. The Bertz CT molecular complexity index is 801. The molecule has 1 aromatic carbocycles. The number of aromatic nitrogens is 2. The highest BCUT2D eigenvalue weighted by Crippen LogP contribution is 2.44. The molecule has 25 heavy (non-hydrogen) atoms. The molecule has 1 aliphatic carbocycles. The van der Waals surface area contributed by atoms with Crippen LogP contribution in [0, 0.1) is 0 Å². The smallest absolute Gasteiger partial charge is 0.255 e. The number of nitrogens with zero attached hydrogens (tertiary/aromatic N) is 1. The number of hydrogen-bond donors (Lipinski definition) is 2. The molecule has 0 saturated carbocycles. The molecule has 1 heterocycles. The molecule has 0 bridgehead atoms. The summed E-state index contributed by atoms with van der Waals surface area (Å²) in [5.74, 6) is 0.806. The highest BCUT2D eigenvalue weighted by atomic mass is 16.1. The van der Waals surface area contributed by atoms with E-state index in [0.29, 0.717) is 0 Å². The summed E-state index contributed by atoms with van der Waals surface area (Å²) in [7, 11) is 0. The van der Waals surface area contributed by atoms with Gasteiger partial charge in [0.2, 0.25) is 0 Å². The number of aromatic amines is 1. The molecule has 4 heteroatoms. The lowest BCUT2D eigenvalue weighted by molar-refractivity contribution is -0.910. The summed E-state index contributed by atoms with van der Waals surface area (Å²) >= 11 is 0. The number of nitrogens with one attached hydrogen (secondary N) is 2. The summed E-state index contributed by atoms with van der Waals surface area (Å²) < 4.78 is 0. The molecule has 0 fully saturated rings. The highest BCUT2D eigenvalue weighted by molar-refractivity contribution is 5.71. The van der Waals surface area contributed by atoms with E-state index in [0.717, 1.165) is 61.5 Å². The number of rotatable bonds is 6. The van der Waals surface area contributed by atoms with Gasteiger partial charge in [0.15, 0.2) is 5.82 Å². The van der Waals surface area contributed by atoms with Gasteiger partial charge in [-0.15, -0.1) is 0 Å². The van der Waals surface area contributed by atoms with E-state index in [1.807, 2.05) is 6.07 Å². The Balaban J connectivity index is 2.21. The van der Waals surface area contributed by atoms with Crippen LogP contribution in [-0.4, -0.2) is 23.1 Å². The fourth-order valence-corrected chi connectivity index (χ4v) is 4.24. The normalized spacial score (nSPS) is 15.1. The summed E-state index contributed by atoms with van der Waals surface area (Å²) in [4.78, 5) is 22.6. The van der Waals surface area contributed by atoms with E-state index in [4.69, 9.17) is 4.98 Å². The van der Waals surface area contributed by atoms with Crippen LogP contribution in [0.15, 0.2) is 29.1 Å². The Morgan fingerprint density at radius 3 is 2.44 bits per heavy atom. The van der Waals surface area contributed by atoms with Crippen LogP contribution in [0.3, 0.4) is 0 Å². The molecule has 0 spiro atoms. The third kappa shape index (κ3) is 3.04. The van der Waals surface area contributed by atoms with Gasteiger partial charge in [-0.1, -0.05) is 38.1 Å². The molecule has 0 unspecified atom stereocenters. The molecule has 4 nitrogen and oxygen atoms in total. The molecule has 2 N–H and O–H groups in total. The molecule has 1 aliphatic rings. The average molecular weight is 340 g/mol. The van der Waals surface area contributed by atoms with Crippen molar-refractivity contribution in [2.24, 2.45) is 0 Å². The Labute approximate surface area is 150 Å². The Morgan fingerprint density at radius 2 is 1.80 bits per heavy atom. The van der Waals surface area contributed by atoms with Crippen molar-refractivity contribution < 1.29 is 4.90 Å². The van der Waals surface area contributed by atoms with Crippen molar-refractivity contribution >= 4 is 0 Å². The fourth-order valence-electron chi connectivity index (χ4n) is 4.24. The molecular formula is C21H30N3O+. The summed E-state index contributed by atoms with van der Waals surface area (Å²) in [6, 6.07) is 8.44. The van der Waals surface area contributed by atoms with Crippen molar-refractivity contribution in [2.45, 2.75) is 58.9 Å². The molecule has 0 saturated heterocycles. The Kier molecular flexibility index (Phi) is 5.09. The van der Waals surface area contributed by atoms with Crippen LogP contribution in [0.5, 0.6) is 0 Å². The third-order valence-electron chi connectivity index (χ3n) is 6.07. The zero-order valence-electron chi connectivity index (χ0n) is 15.9. The maximum atomic E-state index is 13.1. The molecule has 0 amide bonds. The minimum Gasteiger partial charge on any atom is -0.329 e. The van der Waals surface area contributed by atoms with Crippen LogP contribution in [-0.2, 0) is 18.4 Å². The zero-order chi connectivity index (χ0) is 18.0. The molecule has 1 aromatic heterocycles. The molecule has 2 aromatic rings. The molecule has 3 rings (SSSR count). The predicted octanol–water partition coefficient (Wildman–Crippen LogP) is 2.48. The second-order valence-corrected chi connectivity index (χ2v) is 7.19. The first-order chi connectivity index (χ1) is 12.1. The van der Waals surface area contributed by atoms with Gasteiger partial charge in [-0.3, -0.25) is 4.79 Å². The van der Waals surface area contributed by atoms with Crippen LogP contribution < -0.4 is 10.5 Å². The molecule has 134 valence electrons. The van der Waals surface area contributed by atoms with E-state index in [2.05, 4.69) is 50.9 Å². The van der Waals surface area contributed by atoms with Gasteiger partial charge in [0.25, 0.3) is 5.56 Å². The second-order valence-electron chi connectivity index (χ2n) is 7.19. The first kappa shape index (κ1) is 17.9. The number of hydrogen-bond acceptors (Lipinski definition) is 2. The maximum Gasteiger partial charge on any atom is 0.255 e. The van der Waals surface area contributed by atoms with Gasteiger partial charge in [-0.2, -0.15) is 0 Å². The van der Waals surface area contributed by atoms with E-state index < -0.39 is 0 Å². The minimum absolute atomic E-state index is 0.0600. The van der Waals surface area contributed by atoms with E-state index in [1.54, 1.807) is 0 Å². The predicted molar refractivity (Wildman–Crippen MR) is 102 cm³/mol. The fraction of sp³-hybridized carbons (Fsp3) is 0.524. The number of fused-ring (bicyclic) bond motifs is 3. The van der Waals surface area contributed by atoms with Crippen molar-refractivity contribution in [3.8, 4) is 11.3 Å². The topological polar surface area (TPSA) is 50.2 Å². The number of H-pyrrole nitrogens is 1. The molecular weight excluding hydrogens is 310 g/mol. The van der Waals surface area contributed by atoms with Gasteiger partial charge in [-0.25, -0.2) is 4.98 Å². The van der Waals surface area contributed by atoms with Gasteiger partial charge in [0.05, 0.1) is 24.3 Å². The zero-order valence-corrected chi connectivity index (χ0v) is 15.9. The van der Waals surface area contributed by atoms with Crippen LogP contribution in [0.1, 0.15) is 57.5 Å². The largest absolute Gasteiger partial charge is 0.329 e. The minimum atomic E-state index is -0.106. The summed E-state index contributed by atoms with van der Waals surface area (Å²) in [5, 5.41) is 0. The lowest BCUT2D eigenvalue weighted by atomic mass is 9.66. The maximum absolute atomic E-state index is 13.1. The highest BCUT2D eigenvalue weighted by Gasteiger charge is 2.39. The summed E-state index contributed by atoms with van der Waals surface area (Å²) in [5.41, 5.74) is 4.22. The molecule has 0 aliphatic heterocycles. The lowest BCUT2D eigenvalue weighted by Gasteiger charge is -2.37. The van der Waals surface area contributed by atoms with E-state index in [-0.39, 0.29) is 11.0 Å². The summed E-state index contributed by atoms with van der Waals surface area (Å²) in [6.07, 6.45) is 2.83. The van der Waals surface area contributed by atoms with Gasteiger partial charge in [-0.05, 0) is 38.7 Å². The van der Waals surface area contributed by atoms with Gasteiger partial charge in [0, 0.05) is 11.0 Å². The quantitative estimate of drug-likeness (QED) is 0.849. The third-order valence-corrected chi connectivity index (χ3v) is 6.07. The summed E-state index contributed by atoms with van der Waals surface area (Å²) in [6.45, 7) is 11.5. The van der Waals surface area contributed by atoms with Crippen LogP contribution in [0.4, 0.5) is 0 Å². The van der Waals surface area contributed by atoms with Crippen molar-refractivity contribution in [3.05, 3.63) is 51.6 Å². The lowest BCUT2D eigenvalue weighted by Crippen LogP contribution is -3.10. The Hall–Kier alpha value is -1.94. The van der Waals surface area contributed by atoms with Gasteiger partial charge < -0.3 is 9.88 Å². The molecule has 0 radical (unpaired) electrons. The SMILES string of the molecule is CC[NH+](CC)Cc1nc2c(c(=O)[nH]1)C(CC)(CC)Cc1ccccc1-2. The Morgan fingerprint density at radius 1 is 1.12 bits per heavy atom. The number of quaternary nitrogens is 1. The van der Waals surface area contributed by atoms with Crippen molar-refractivity contribution in [3.63, 3.8) is 0 Å². The van der Waals surface area contributed by atoms with Crippen LogP contribution in [0.2, 0.25) is 0 Å². The van der Waals surface area contributed by atoms with E-state index in [9.17, 15) is 4.79 Å². The van der Waals surface area contributed by atoms with E-state index in [1.165, 1.54) is 10.5 Å². The van der Waals surface area contributed by atoms with Crippen molar-refractivity contribution in [2.75, 3.05) is 13.1 Å². The van der Waals surface area contributed by atoms with Gasteiger partial charge >= 0.3 is 0 Å². The first-order valence-electron chi connectivity index (χ1n) is 9.64. The van der Waals surface area contributed by atoms with Crippen LogP contribution >= 0.6 is 0 Å². The molecule has 0 atom stereocenters. The van der Waals surface area contributed by atoms with Gasteiger partial charge in [0.1, 0.15) is 6.54 Å².